The highest BCUT2D eigenvalue weighted by atomic mass is 19.1. The van der Waals surface area contributed by atoms with Crippen molar-refractivity contribution in [2.24, 2.45) is 0 Å². The maximum absolute atomic E-state index is 14.0. The highest BCUT2D eigenvalue weighted by Crippen LogP contribution is 2.39. The zero-order valence-electron chi connectivity index (χ0n) is 18.2. The minimum atomic E-state index is -1.06. The molecule has 1 aliphatic rings. The third-order valence-corrected chi connectivity index (χ3v) is 5.29. The van der Waals surface area contributed by atoms with Gasteiger partial charge in [-0.1, -0.05) is 0 Å². The molecule has 32 heavy (non-hydrogen) atoms. The molecule has 1 atom stereocenters. The molecular weight excluding hydrogens is 417 g/mol. The number of ether oxygens (including phenoxy) is 2. The van der Waals surface area contributed by atoms with Crippen molar-refractivity contribution in [3.05, 3.63) is 48.0 Å². The number of methoxy groups -OCH3 is 1. The lowest BCUT2D eigenvalue weighted by molar-refractivity contribution is 0.0792. The van der Waals surface area contributed by atoms with E-state index in [1.54, 1.807) is 33.2 Å². The van der Waals surface area contributed by atoms with Gasteiger partial charge < -0.3 is 24.8 Å². The topological polar surface area (TPSA) is 101 Å². The third kappa shape index (κ3) is 4.59. The third-order valence-electron chi connectivity index (χ3n) is 5.29. The number of halogens is 1. The Kier molecular flexibility index (Phi) is 5.88. The van der Waals surface area contributed by atoms with Crippen molar-refractivity contribution in [1.29, 1.82) is 0 Å². The lowest BCUT2D eigenvalue weighted by atomic mass is 10.0. The Bertz CT molecular complexity index is 1130. The van der Waals surface area contributed by atoms with E-state index in [4.69, 9.17) is 9.47 Å². The van der Waals surface area contributed by atoms with Crippen molar-refractivity contribution >= 4 is 17.6 Å². The molecule has 170 valence electrons. The maximum atomic E-state index is 14.0. The fourth-order valence-electron chi connectivity index (χ4n) is 3.82. The highest BCUT2D eigenvalue weighted by Gasteiger charge is 2.30. The molecule has 2 aromatic heterocycles. The van der Waals surface area contributed by atoms with Gasteiger partial charge in [0.05, 0.1) is 24.9 Å². The number of nitrogens with zero attached hydrogens (tertiary/aromatic N) is 4. The molecule has 1 aromatic carbocycles. The van der Waals surface area contributed by atoms with Gasteiger partial charge in [0.2, 0.25) is 5.65 Å². The second-order valence-electron chi connectivity index (χ2n) is 8.36. The van der Waals surface area contributed by atoms with Crippen LogP contribution in [0.25, 0.3) is 5.65 Å². The maximum Gasteiger partial charge on any atom is 0.412 e. The van der Waals surface area contributed by atoms with Crippen LogP contribution in [0, 0.1) is 5.82 Å². The van der Waals surface area contributed by atoms with Crippen LogP contribution >= 0.6 is 0 Å². The molecule has 3 heterocycles. The number of hydrogen-bond donors (Lipinski definition) is 2. The molecule has 2 N–H and O–H groups in total. The summed E-state index contributed by atoms with van der Waals surface area (Å²) in [6, 6.07) is 6.23. The molecule has 0 unspecified atom stereocenters. The van der Waals surface area contributed by atoms with Gasteiger partial charge in [0, 0.05) is 24.8 Å². The summed E-state index contributed by atoms with van der Waals surface area (Å²) in [5.41, 5.74) is 0.0780. The first-order valence-corrected chi connectivity index (χ1v) is 10.4. The number of carbonyl (C=O) groups is 1. The van der Waals surface area contributed by atoms with Crippen LogP contribution in [0.2, 0.25) is 0 Å². The normalized spacial score (nSPS) is 16.4. The summed E-state index contributed by atoms with van der Waals surface area (Å²) in [4.78, 5) is 18.9. The highest BCUT2D eigenvalue weighted by molar-refractivity contribution is 5.73. The van der Waals surface area contributed by atoms with Gasteiger partial charge in [0.25, 0.3) is 0 Å². The van der Waals surface area contributed by atoms with Gasteiger partial charge in [-0.05, 0) is 51.0 Å². The number of anilines is 1. The molecule has 1 fully saturated rings. The molecule has 1 saturated heterocycles. The Morgan fingerprint density at radius 2 is 2.16 bits per heavy atom. The Morgan fingerprint density at radius 1 is 1.34 bits per heavy atom. The Morgan fingerprint density at radius 3 is 2.91 bits per heavy atom. The Balaban J connectivity index is 1.60. The molecule has 9 nitrogen and oxygen atoms in total. The van der Waals surface area contributed by atoms with E-state index in [0.717, 1.165) is 24.9 Å². The van der Waals surface area contributed by atoms with E-state index in [9.17, 15) is 14.3 Å². The quantitative estimate of drug-likeness (QED) is 0.604. The summed E-state index contributed by atoms with van der Waals surface area (Å²) < 4.78 is 26.3. The van der Waals surface area contributed by atoms with E-state index >= 15 is 0 Å². The standard InChI is InChI=1S/C22H26FN5O4/c1-22(2,30)13-24-21(29)32-18-12-25-28-10-8-19(26-20(18)28)27-9-4-5-16(27)15-11-14(23)6-7-17(15)31-3/h6-8,10-12,16,30H,4-5,9,13H2,1-3H3,(H,24,29)/t16-/m1/s1. The van der Waals surface area contributed by atoms with E-state index in [-0.39, 0.29) is 24.2 Å². The van der Waals surface area contributed by atoms with Crippen molar-refractivity contribution in [3.63, 3.8) is 0 Å². The minimum Gasteiger partial charge on any atom is -0.496 e. The first kappa shape index (κ1) is 21.8. The van der Waals surface area contributed by atoms with Crippen molar-refractivity contribution < 1.29 is 23.8 Å². The average Bonchev–Trinajstić information content (AvgIpc) is 3.39. The van der Waals surface area contributed by atoms with Gasteiger partial charge in [-0.25, -0.2) is 18.7 Å². The molecular formula is C22H26FN5O4. The van der Waals surface area contributed by atoms with E-state index in [0.29, 0.717) is 17.2 Å². The predicted molar refractivity (Wildman–Crippen MR) is 116 cm³/mol. The van der Waals surface area contributed by atoms with Gasteiger partial charge in [0.15, 0.2) is 5.75 Å². The van der Waals surface area contributed by atoms with Gasteiger partial charge >= 0.3 is 6.09 Å². The lowest BCUT2D eigenvalue weighted by Crippen LogP contribution is -2.39. The number of nitrogens with one attached hydrogen (secondary N) is 1. The zero-order valence-corrected chi connectivity index (χ0v) is 18.2. The van der Waals surface area contributed by atoms with Crippen LogP contribution in [-0.2, 0) is 0 Å². The molecule has 0 bridgehead atoms. The van der Waals surface area contributed by atoms with E-state index in [2.05, 4.69) is 20.3 Å². The number of rotatable bonds is 6. The molecule has 0 aliphatic carbocycles. The van der Waals surface area contributed by atoms with Gasteiger partial charge in [-0.3, -0.25) is 0 Å². The van der Waals surface area contributed by atoms with Crippen LogP contribution < -0.4 is 19.7 Å². The van der Waals surface area contributed by atoms with Crippen LogP contribution in [-0.4, -0.2) is 51.6 Å². The number of hydrogen-bond acceptors (Lipinski definition) is 7. The zero-order chi connectivity index (χ0) is 22.9. The van der Waals surface area contributed by atoms with Crippen LogP contribution in [0.3, 0.4) is 0 Å². The van der Waals surface area contributed by atoms with E-state index in [1.807, 2.05) is 6.07 Å². The summed E-state index contributed by atoms with van der Waals surface area (Å²) in [5.74, 6) is 1.16. The first-order chi connectivity index (χ1) is 15.2. The molecule has 0 saturated carbocycles. The van der Waals surface area contributed by atoms with Crippen LogP contribution in [0.1, 0.15) is 38.3 Å². The fourth-order valence-corrected chi connectivity index (χ4v) is 3.82. The second kappa shape index (κ2) is 8.62. The molecule has 1 aliphatic heterocycles. The SMILES string of the molecule is COc1ccc(F)cc1[C@H]1CCCN1c1ccn2ncc(OC(=O)NCC(C)(C)O)c2n1. The van der Waals surface area contributed by atoms with Gasteiger partial charge in [0.1, 0.15) is 17.4 Å². The number of amides is 1. The van der Waals surface area contributed by atoms with Crippen LogP contribution in [0.5, 0.6) is 11.5 Å². The molecule has 10 heteroatoms. The predicted octanol–water partition coefficient (Wildman–Crippen LogP) is 3.08. The van der Waals surface area contributed by atoms with Gasteiger partial charge in [-0.2, -0.15) is 5.10 Å². The second-order valence-corrected chi connectivity index (χ2v) is 8.36. The van der Waals surface area contributed by atoms with Crippen LogP contribution in [0.15, 0.2) is 36.7 Å². The minimum absolute atomic E-state index is 0.0364. The number of benzene rings is 1. The summed E-state index contributed by atoms with van der Waals surface area (Å²) in [6.07, 6.45) is 4.18. The number of carbonyl (C=O) groups excluding carboxylic acids is 1. The smallest absolute Gasteiger partial charge is 0.412 e. The average molecular weight is 443 g/mol. The van der Waals surface area contributed by atoms with Crippen molar-refractivity contribution in [2.75, 3.05) is 25.1 Å². The van der Waals surface area contributed by atoms with E-state index in [1.165, 1.54) is 22.8 Å². The Hall–Kier alpha value is -3.40. The lowest BCUT2D eigenvalue weighted by Gasteiger charge is -2.27. The van der Waals surface area contributed by atoms with Crippen molar-refractivity contribution in [2.45, 2.75) is 38.3 Å². The number of fused-ring (bicyclic) bond motifs is 1. The Labute approximate surface area is 184 Å². The summed E-state index contributed by atoms with van der Waals surface area (Å²) >= 11 is 0. The molecule has 0 radical (unpaired) electrons. The van der Waals surface area contributed by atoms with E-state index < -0.39 is 11.7 Å². The number of aliphatic hydroxyl groups is 1. The summed E-state index contributed by atoms with van der Waals surface area (Å²) in [6.45, 7) is 3.94. The largest absolute Gasteiger partial charge is 0.496 e. The monoisotopic (exact) mass is 443 g/mol. The van der Waals surface area contributed by atoms with Crippen LogP contribution in [0.4, 0.5) is 15.0 Å². The fraction of sp³-hybridized carbons (Fsp3) is 0.409. The first-order valence-electron chi connectivity index (χ1n) is 10.4. The molecule has 4 rings (SSSR count). The molecule has 1 amide bonds. The van der Waals surface area contributed by atoms with Crippen molar-refractivity contribution in [1.82, 2.24) is 19.9 Å². The summed E-state index contributed by atoms with van der Waals surface area (Å²) in [5, 5.41) is 16.4. The van der Waals surface area contributed by atoms with Crippen molar-refractivity contribution in [3.8, 4) is 11.5 Å². The van der Waals surface area contributed by atoms with Gasteiger partial charge in [-0.15, -0.1) is 0 Å². The molecule has 0 spiro atoms. The molecule has 3 aromatic rings. The summed E-state index contributed by atoms with van der Waals surface area (Å²) in [7, 11) is 1.57. The number of aromatic nitrogens is 3.